The normalized spacial score (nSPS) is 11.3. The van der Waals surface area contributed by atoms with Gasteiger partial charge >= 0.3 is 0 Å². The maximum Gasteiger partial charge on any atom is 0.161 e. The number of ether oxygens (including phenoxy) is 1. The summed E-state index contributed by atoms with van der Waals surface area (Å²) in [6.07, 6.45) is 1.21. The highest BCUT2D eigenvalue weighted by Gasteiger charge is 1.98. The maximum atomic E-state index is 9.48. The highest BCUT2D eigenvalue weighted by molar-refractivity contribution is 6.26. The van der Waals surface area contributed by atoms with Crippen molar-refractivity contribution in [2.75, 3.05) is 13.2 Å². The highest BCUT2D eigenvalue weighted by Crippen LogP contribution is 2.15. The number of para-hydroxylation sites is 1. The topological polar surface area (TPSA) is 38.7 Å². The third-order valence-electron chi connectivity index (χ3n) is 2.26. The molecule has 0 fully saturated rings. The minimum absolute atomic E-state index is 0.295. The number of hydrogen-bond donors (Lipinski definition) is 1. The molecule has 0 aliphatic carbocycles. The number of phenols is 1. The Kier molecular flexibility index (Phi) is 6.88. The van der Waals surface area contributed by atoms with Gasteiger partial charge in [-0.15, -0.1) is 0 Å². The van der Waals surface area contributed by atoms with Gasteiger partial charge in [-0.1, -0.05) is 31.5 Å². The summed E-state index contributed by atoms with van der Waals surface area (Å²) >= 11 is 0. The molecule has 1 N–H and O–H groups in total. The molecule has 16 heavy (non-hydrogen) atoms. The SMILES string of the molecule is CCC[SiH2]OCCOCc1ccccc1O. The molecule has 0 aliphatic heterocycles. The van der Waals surface area contributed by atoms with Crippen molar-refractivity contribution in [2.24, 2.45) is 0 Å². The van der Waals surface area contributed by atoms with E-state index in [1.165, 1.54) is 12.5 Å². The lowest BCUT2D eigenvalue weighted by Crippen LogP contribution is -2.07. The quantitative estimate of drug-likeness (QED) is 0.556. The molecule has 0 atom stereocenters. The lowest BCUT2D eigenvalue weighted by Gasteiger charge is -2.06. The number of hydrogen-bond acceptors (Lipinski definition) is 3. The molecule has 1 rings (SSSR count). The smallest absolute Gasteiger partial charge is 0.161 e. The number of benzene rings is 1. The average Bonchev–Trinajstić information content (AvgIpc) is 2.30. The number of phenolic OH excluding ortho intramolecular Hbond substituents is 1. The molecule has 0 amide bonds. The predicted molar refractivity (Wildman–Crippen MR) is 67.4 cm³/mol. The molecule has 0 saturated heterocycles. The fourth-order valence-corrected chi connectivity index (χ4v) is 2.10. The van der Waals surface area contributed by atoms with Gasteiger partial charge in [0.2, 0.25) is 0 Å². The van der Waals surface area contributed by atoms with Crippen LogP contribution in [-0.2, 0) is 15.8 Å². The third-order valence-corrected chi connectivity index (χ3v) is 3.84. The Labute approximate surface area is 99.3 Å². The van der Waals surface area contributed by atoms with Crippen molar-refractivity contribution in [3.63, 3.8) is 0 Å². The molecule has 1 aromatic carbocycles. The Morgan fingerprint density at radius 2 is 2.06 bits per heavy atom. The highest BCUT2D eigenvalue weighted by atomic mass is 28.2. The third kappa shape index (κ3) is 5.30. The standard InChI is InChI=1S/C12H20O3Si/c1-2-9-16-15-8-7-14-10-11-5-3-4-6-12(11)13/h3-6,13H,2,7-10,16H2,1H3. The predicted octanol–water partition coefficient (Wildman–Crippen LogP) is 1.84. The molecule has 0 aliphatic rings. The van der Waals surface area contributed by atoms with E-state index in [1.807, 2.05) is 12.1 Å². The molecule has 1 aromatic rings. The molecule has 90 valence electrons. The van der Waals surface area contributed by atoms with Crippen molar-refractivity contribution in [1.29, 1.82) is 0 Å². The second kappa shape index (κ2) is 8.33. The molecule has 0 radical (unpaired) electrons. The first-order valence-electron chi connectivity index (χ1n) is 5.77. The summed E-state index contributed by atoms with van der Waals surface area (Å²) in [5, 5.41) is 9.48. The lowest BCUT2D eigenvalue weighted by atomic mass is 10.2. The number of aromatic hydroxyl groups is 1. The molecule has 0 bridgehead atoms. The van der Waals surface area contributed by atoms with E-state index in [0.29, 0.717) is 25.6 Å². The zero-order chi connectivity index (χ0) is 11.6. The monoisotopic (exact) mass is 240 g/mol. The van der Waals surface area contributed by atoms with Crippen LogP contribution < -0.4 is 0 Å². The molecular weight excluding hydrogens is 220 g/mol. The minimum Gasteiger partial charge on any atom is -0.508 e. The van der Waals surface area contributed by atoms with Gasteiger partial charge in [-0.05, 0) is 12.1 Å². The van der Waals surface area contributed by atoms with Gasteiger partial charge in [-0.2, -0.15) is 0 Å². The van der Waals surface area contributed by atoms with Gasteiger partial charge in [-0.25, -0.2) is 0 Å². The Hall–Kier alpha value is -0.843. The van der Waals surface area contributed by atoms with E-state index in [2.05, 4.69) is 6.92 Å². The van der Waals surface area contributed by atoms with Crippen LogP contribution in [0.3, 0.4) is 0 Å². The molecule has 0 saturated carbocycles. The van der Waals surface area contributed by atoms with Crippen molar-refractivity contribution in [2.45, 2.75) is 26.0 Å². The lowest BCUT2D eigenvalue weighted by molar-refractivity contribution is 0.0889. The van der Waals surface area contributed by atoms with E-state index in [-0.39, 0.29) is 9.76 Å². The van der Waals surface area contributed by atoms with Crippen molar-refractivity contribution in [1.82, 2.24) is 0 Å². The van der Waals surface area contributed by atoms with E-state index in [4.69, 9.17) is 9.16 Å². The van der Waals surface area contributed by atoms with Crippen molar-refractivity contribution in [3.8, 4) is 5.75 Å². The summed E-state index contributed by atoms with van der Waals surface area (Å²) in [6, 6.07) is 8.46. The summed E-state index contributed by atoms with van der Waals surface area (Å²) in [4.78, 5) is 0. The minimum atomic E-state index is -0.317. The first-order chi connectivity index (χ1) is 7.84. The van der Waals surface area contributed by atoms with E-state index in [0.717, 1.165) is 5.56 Å². The van der Waals surface area contributed by atoms with Crippen LogP contribution in [0, 0.1) is 0 Å². The van der Waals surface area contributed by atoms with E-state index in [1.54, 1.807) is 12.1 Å². The summed E-state index contributed by atoms with van der Waals surface area (Å²) in [5.74, 6) is 0.295. The van der Waals surface area contributed by atoms with Gasteiger partial charge in [-0.3, -0.25) is 0 Å². The van der Waals surface area contributed by atoms with Crippen molar-refractivity contribution < 1.29 is 14.3 Å². The first kappa shape index (κ1) is 13.2. The second-order valence-electron chi connectivity index (χ2n) is 3.65. The Balaban J connectivity index is 2.05. The van der Waals surface area contributed by atoms with Crippen molar-refractivity contribution >= 4 is 9.76 Å². The van der Waals surface area contributed by atoms with Crippen LogP contribution in [0.25, 0.3) is 0 Å². The molecular formula is C12H20O3Si. The average molecular weight is 240 g/mol. The largest absolute Gasteiger partial charge is 0.508 e. The summed E-state index contributed by atoms with van der Waals surface area (Å²) in [7, 11) is -0.317. The van der Waals surface area contributed by atoms with E-state index < -0.39 is 0 Å². The van der Waals surface area contributed by atoms with Gasteiger partial charge in [0.1, 0.15) is 5.75 Å². The molecule has 4 heteroatoms. The maximum absolute atomic E-state index is 9.48. The fraction of sp³-hybridized carbons (Fsp3) is 0.500. The van der Waals surface area contributed by atoms with Gasteiger partial charge < -0.3 is 14.3 Å². The zero-order valence-electron chi connectivity index (χ0n) is 9.82. The van der Waals surface area contributed by atoms with Gasteiger partial charge in [0, 0.05) is 5.56 Å². The van der Waals surface area contributed by atoms with Gasteiger partial charge in [0.05, 0.1) is 19.8 Å². The van der Waals surface area contributed by atoms with Crippen LogP contribution in [0.1, 0.15) is 18.9 Å². The van der Waals surface area contributed by atoms with Gasteiger partial charge in [0.25, 0.3) is 0 Å². The molecule has 0 spiro atoms. The molecule has 0 unspecified atom stereocenters. The van der Waals surface area contributed by atoms with E-state index >= 15 is 0 Å². The summed E-state index contributed by atoms with van der Waals surface area (Å²) in [5.41, 5.74) is 0.827. The summed E-state index contributed by atoms with van der Waals surface area (Å²) < 4.78 is 10.9. The van der Waals surface area contributed by atoms with Gasteiger partial charge in [0.15, 0.2) is 9.76 Å². The zero-order valence-corrected chi connectivity index (χ0v) is 11.2. The first-order valence-corrected chi connectivity index (χ1v) is 7.34. The Morgan fingerprint density at radius 1 is 1.25 bits per heavy atom. The molecule has 0 heterocycles. The molecule has 3 nitrogen and oxygen atoms in total. The van der Waals surface area contributed by atoms with Crippen LogP contribution in [0.2, 0.25) is 6.04 Å². The van der Waals surface area contributed by atoms with Crippen LogP contribution >= 0.6 is 0 Å². The van der Waals surface area contributed by atoms with Crippen molar-refractivity contribution in [3.05, 3.63) is 29.8 Å². The summed E-state index contributed by atoms with van der Waals surface area (Å²) in [6.45, 7) is 3.90. The van der Waals surface area contributed by atoms with Crippen LogP contribution in [0.4, 0.5) is 0 Å². The van der Waals surface area contributed by atoms with Crippen LogP contribution in [-0.4, -0.2) is 28.1 Å². The van der Waals surface area contributed by atoms with E-state index in [9.17, 15) is 5.11 Å². The molecule has 0 aromatic heterocycles. The van der Waals surface area contributed by atoms with Crippen LogP contribution in [0.5, 0.6) is 5.75 Å². The fourth-order valence-electron chi connectivity index (χ4n) is 1.28. The Bertz CT molecular complexity index is 291. The van der Waals surface area contributed by atoms with Crippen LogP contribution in [0.15, 0.2) is 24.3 Å². The Morgan fingerprint density at radius 3 is 2.81 bits per heavy atom. The number of rotatable bonds is 8. The second-order valence-corrected chi connectivity index (χ2v) is 5.17.